The highest BCUT2D eigenvalue weighted by molar-refractivity contribution is 7.93. The van der Waals surface area contributed by atoms with Crippen molar-refractivity contribution in [1.82, 2.24) is 0 Å². The van der Waals surface area contributed by atoms with Crippen molar-refractivity contribution in [2.24, 2.45) is 4.36 Å². The second-order valence-corrected chi connectivity index (χ2v) is 8.72. The highest BCUT2D eigenvalue weighted by Gasteiger charge is 2.31. The summed E-state index contributed by atoms with van der Waals surface area (Å²) >= 11 is 0. The van der Waals surface area contributed by atoms with E-state index in [0.29, 0.717) is 33.9 Å². The summed E-state index contributed by atoms with van der Waals surface area (Å²) < 4.78 is 17.6. The van der Waals surface area contributed by atoms with Gasteiger partial charge in [0.25, 0.3) is 0 Å². The number of carbonyl (C=O) groups is 2. The monoisotopic (exact) mass is 355 g/mol. The van der Waals surface area contributed by atoms with Crippen LogP contribution in [0.2, 0.25) is 0 Å². The molecule has 5 heteroatoms. The van der Waals surface area contributed by atoms with Crippen molar-refractivity contribution < 1.29 is 13.8 Å². The lowest BCUT2D eigenvalue weighted by molar-refractivity contribution is 0.0979. The zero-order chi connectivity index (χ0) is 18.0. The molecule has 0 radical (unpaired) electrons. The number of benzene rings is 2. The smallest absolute Gasteiger partial charge is 0.196 e. The van der Waals surface area contributed by atoms with E-state index in [4.69, 9.17) is 0 Å². The van der Waals surface area contributed by atoms with E-state index in [0.717, 1.165) is 12.8 Å². The van der Waals surface area contributed by atoms with Crippen LogP contribution < -0.4 is 0 Å². The van der Waals surface area contributed by atoms with Crippen LogP contribution >= 0.6 is 0 Å². The van der Waals surface area contributed by atoms with Gasteiger partial charge in [-0.05, 0) is 18.9 Å². The van der Waals surface area contributed by atoms with Gasteiger partial charge in [0.15, 0.2) is 11.6 Å². The maximum atomic E-state index is 13.1. The van der Waals surface area contributed by atoms with Gasteiger partial charge in [-0.25, -0.2) is 4.21 Å². The molecule has 0 unspecified atom stereocenters. The third-order valence-corrected chi connectivity index (χ3v) is 6.86. The van der Waals surface area contributed by atoms with E-state index in [1.807, 2.05) is 13.8 Å². The maximum Gasteiger partial charge on any atom is 0.196 e. The Labute approximate surface area is 148 Å². The van der Waals surface area contributed by atoms with Crippen molar-refractivity contribution in [2.75, 3.05) is 11.5 Å². The molecule has 1 aliphatic rings. The minimum Gasteiger partial charge on any atom is -0.289 e. The Morgan fingerprint density at radius 1 is 0.800 bits per heavy atom. The van der Waals surface area contributed by atoms with Gasteiger partial charge in [-0.2, -0.15) is 4.36 Å². The lowest BCUT2D eigenvalue weighted by Gasteiger charge is -2.19. The molecule has 0 bridgehead atoms. The summed E-state index contributed by atoms with van der Waals surface area (Å²) in [5, 5.41) is 0. The van der Waals surface area contributed by atoms with Crippen molar-refractivity contribution in [3.63, 3.8) is 0 Å². The van der Waals surface area contributed by atoms with E-state index in [2.05, 4.69) is 4.36 Å². The Bertz CT molecular complexity index is 957. The van der Waals surface area contributed by atoms with Gasteiger partial charge < -0.3 is 0 Å². The molecule has 0 fully saturated rings. The topological polar surface area (TPSA) is 63.6 Å². The van der Waals surface area contributed by atoms with Crippen LogP contribution in [0.3, 0.4) is 0 Å². The fourth-order valence-corrected chi connectivity index (χ4v) is 5.39. The predicted molar refractivity (Wildman–Crippen MR) is 100 cm³/mol. The fraction of sp³-hybridized carbons (Fsp3) is 0.300. The normalized spacial score (nSPS) is 13.4. The van der Waals surface area contributed by atoms with Crippen LogP contribution in [0, 0.1) is 0 Å². The number of nitrogens with zero attached hydrogens (tertiary/aromatic N) is 1. The summed E-state index contributed by atoms with van der Waals surface area (Å²) in [4.78, 5) is 25.7. The number of rotatable bonds is 5. The largest absolute Gasteiger partial charge is 0.289 e. The molecule has 0 heterocycles. The van der Waals surface area contributed by atoms with Crippen LogP contribution in [-0.2, 0) is 9.73 Å². The molecular formula is C20H21NO3S. The third kappa shape index (κ3) is 3.16. The highest BCUT2D eigenvalue weighted by atomic mass is 32.2. The zero-order valence-corrected chi connectivity index (χ0v) is 15.3. The first kappa shape index (κ1) is 17.5. The van der Waals surface area contributed by atoms with Crippen molar-refractivity contribution in [2.45, 2.75) is 26.7 Å². The molecule has 3 rings (SSSR count). The summed E-state index contributed by atoms with van der Waals surface area (Å²) in [5.41, 5.74) is 1.81. The van der Waals surface area contributed by atoms with E-state index in [1.165, 1.54) is 0 Å². The maximum absolute atomic E-state index is 13.1. The number of ketones is 2. The zero-order valence-electron chi connectivity index (χ0n) is 14.5. The third-order valence-electron chi connectivity index (χ3n) is 4.24. The summed E-state index contributed by atoms with van der Waals surface area (Å²) in [6.45, 7) is 3.94. The van der Waals surface area contributed by atoms with Crippen molar-refractivity contribution in [1.29, 1.82) is 0 Å². The van der Waals surface area contributed by atoms with E-state index < -0.39 is 9.73 Å². The molecule has 0 aromatic heterocycles. The van der Waals surface area contributed by atoms with Crippen molar-refractivity contribution in [3.8, 4) is 0 Å². The van der Waals surface area contributed by atoms with Gasteiger partial charge >= 0.3 is 0 Å². The molecular weight excluding hydrogens is 334 g/mol. The van der Waals surface area contributed by atoms with Gasteiger partial charge in [-0.1, -0.05) is 50.2 Å². The second-order valence-electron chi connectivity index (χ2n) is 6.18. The molecule has 0 saturated carbocycles. The standard InChI is InChI=1S/C20H21NO3S/c1-3-12-25(24,13-4-2)21-17-11-7-10-16-18(17)20(23)15-9-6-5-8-14(15)19(16)22/h5-11H,3-4,12-13H2,1-2H3. The minimum absolute atomic E-state index is 0.181. The highest BCUT2D eigenvalue weighted by Crippen LogP contribution is 2.34. The van der Waals surface area contributed by atoms with Crippen LogP contribution in [-0.4, -0.2) is 27.3 Å². The molecule has 0 amide bonds. The van der Waals surface area contributed by atoms with Crippen molar-refractivity contribution >= 4 is 27.0 Å². The lowest BCUT2D eigenvalue weighted by atomic mass is 9.83. The first-order valence-electron chi connectivity index (χ1n) is 8.54. The van der Waals surface area contributed by atoms with Crippen LogP contribution in [0.5, 0.6) is 0 Å². The van der Waals surface area contributed by atoms with E-state index >= 15 is 0 Å². The fourth-order valence-electron chi connectivity index (χ4n) is 3.21. The van der Waals surface area contributed by atoms with Crippen LogP contribution in [0.4, 0.5) is 5.69 Å². The number of fused-ring (bicyclic) bond motifs is 2. The summed E-state index contributed by atoms with van der Waals surface area (Å²) in [6.07, 6.45) is 1.51. The average Bonchev–Trinajstić information content (AvgIpc) is 2.60. The number of hydrogen-bond donors (Lipinski definition) is 0. The Kier molecular flexibility index (Phi) is 4.86. The van der Waals surface area contributed by atoms with Gasteiger partial charge in [-0.3, -0.25) is 9.59 Å². The van der Waals surface area contributed by atoms with Crippen molar-refractivity contribution in [3.05, 3.63) is 64.7 Å². The SMILES string of the molecule is CCCS(=O)(CCC)=Nc1cccc2c1C(=O)c1ccccc1C2=O. The molecule has 0 saturated heterocycles. The first-order valence-corrected chi connectivity index (χ1v) is 10.4. The number of hydrogen-bond acceptors (Lipinski definition) is 4. The molecule has 25 heavy (non-hydrogen) atoms. The van der Waals surface area contributed by atoms with Gasteiger partial charge in [-0.15, -0.1) is 0 Å². The molecule has 130 valence electrons. The van der Waals surface area contributed by atoms with Gasteiger partial charge in [0.1, 0.15) is 0 Å². The average molecular weight is 355 g/mol. The van der Waals surface area contributed by atoms with E-state index in [-0.39, 0.29) is 17.1 Å². The van der Waals surface area contributed by atoms with Gasteiger partial charge in [0, 0.05) is 28.2 Å². The van der Waals surface area contributed by atoms with E-state index in [9.17, 15) is 13.8 Å². The van der Waals surface area contributed by atoms with Gasteiger partial charge in [0.05, 0.1) is 21.0 Å². The molecule has 2 aromatic rings. The Hall–Kier alpha value is -2.27. The summed E-state index contributed by atoms with van der Waals surface area (Å²) in [7, 11) is -2.43. The lowest BCUT2D eigenvalue weighted by Crippen LogP contribution is -2.21. The van der Waals surface area contributed by atoms with Crippen LogP contribution in [0.1, 0.15) is 58.5 Å². The molecule has 0 aliphatic heterocycles. The van der Waals surface area contributed by atoms with E-state index in [1.54, 1.807) is 42.5 Å². The summed E-state index contributed by atoms with van der Waals surface area (Å²) in [6, 6.07) is 11.8. The Balaban J connectivity index is 2.22. The molecule has 2 aromatic carbocycles. The second kappa shape index (κ2) is 6.92. The minimum atomic E-state index is -2.43. The van der Waals surface area contributed by atoms with Crippen LogP contribution in [0.25, 0.3) is 0 Å². The predicted octanol–water partition coefficient (Wildman–Crippen LogP) is 4.38. The summed E-state index contributed by atoms with van der Waals surface area (Å²) in [5.74, 6) is 0.575. The molecule has 0 atom stereocenters. The molecule has 0 spiro atoms. The van der Waals surface area contributed by atoms with Gasteiger partial charge in [0.2, 0.25) is 0 Å². The first-order chi connectivity index (χ1) is 12.0. The van der Waals surface area contributed by atoms with Crippen LogP contribution in [0.15, 0.2) is 46.8 Å². The quantitative estimate of drug-likeness (QED) is 0.682. The Morgan fingerprint density at radius 3 is 1.96 bits per heavy atom. The Morgan fingerprint density at radius 2 is 1.36 bits per heavy atom. The molecule has 4 nitrogen and oxygen atoms in total. The molecule has 1 aliphatic carbocycles. The molecule has 0 N–H and O–H groups in total. The number of carbonyl (C=O) groups excluding carboxylic acids is 2.